The number of carbonyl (C=O) groups is 1. The number of fused-ring (bicyclic) bond motifs is 1. The van der Waals surface area contributed by atoms with Crippen LogP contribution in [0.15, 0.2) is 35.9 Å². The van der Waals surface area contributed by atoms with Crippen molar-refractivity contribution in [3.8, 4) is 11.5 Å². The molecule has 4 nitrogen and oxygen atoms in total. The van der Waals surface area contributed by atoms with E-state index in [4.69, 9.17) is 14.6 Å². The van der Waals surface area contributed by atoms with Crippen molar-refractivity contribution in [3.05, 3.63) is 41.5 Å². The zero-order valence-corrected chi connectivity index (χ0v) is 11.5. The lowest BCUT2D eigenvalue weighted by Gasteiger charge is -2.03. The average Bonchev–Trinajstić information content (AvgIpc) is 2.89. The van der Waals surface area contributed by atoms with Crippen molar-refractivity contribution in [3.63, 3.8) is 0 Å². The quantitative estimate of drug-likeness (QED) is 0.635. The Morgan fingerprint density at radius 1 is 1.30 bits per heavy atom. The second kappa shape index (κ2) is 6.80. The third kappa shape index (κ3) is 3.88. The van der Waals surface area contributed by atoms with Crippen LogP contribution >= 0.6 is 0 Å². The van der Waals surface area contributed by atoms with Crippen LogP contribution in [0.1, 0.15) is 31.7 Å². The normalized spacial score (nSPS) is 13.9. The molecule has 1 heterocycles. The summed E-state index contributed by atoms with van der Waals surface area (Å²) in [4.78, 5) is 10.6. The topological polar surface area (TPSA) is 55.8 Å². The van der Waals surface area contributed by atoms with Gasteiger partial charge in [-0.1, -0.05) is 31.6 Å². The van der Waals surface area contributed by atoms with E-state index in [1.807, 2.05) is 24.3 Å². The van der Waals surface area contributed by atoms with Crippen LogP contribution in [-0.2, 0) is 4.79 Å². The minimum Gasteiger partial charge on any atom is -0.478 e. The van der Waals surface area contributed by atoms with Gasteiger partial charge in [0.1, 0.15) is 0 Å². The number of benzene rings is 1. The van der Waals surface area contributed by atoms with Gasteiger partial charge in [0.25, 0.3) is 0 Å². The van der Waals surface area contributed by atoms with Crippen molar-refractivity contribution in [2.75, 3.05) is 6.79 Å². The molecule has 1 aromatic rings. The highest BCUT2D eigenvalue weighted by atomic mass is 16.7. The molecule has 1 N–H and O–H groups in total. The highest BCUT2D eigenvalue weighted by molar-refractivity contribution is 5.80. The van der Waals surface area contributed by atoms with Gasteiger partial charge in [0, 0.05) is 6.08 Å². The van der Waals surface area contributed by atoms with Gasteiger partial charge < -0.3 is 14.6 Å². The molecule has 106 valence electrons. The number of allylic oxidation sites excluding steroid dienone is 2. The molecule has 0 saturated carbocycles. The van der Waals surface area contributed by atoms with Gasteiger partial charge in [0.15, 0.2) is 11.5 Å². The molecular formula is C16H18O4. The van der Waals surface area contributed by atoms with Crippen molar-refractivity contribution in [1.29, 1.82) is 0 Å². The van der Waals surface area contributed by atoms with Crippen LogP contribution in [0, 0.1) is 0 Å². The minimum atomic E-state index is -0.932. The second-order valence-corrected chi connectivity index (χ2v) is 4.61. The molecule has 0 unspecified atom stereocenters. The molecule has 0 atom stereocenters. The number of aliphatic carboxylic acids is 1. The summed E-state index contributed by atoms with van der Waals surface area (Å²) in [6.07, 6.45) is 7.77. The summed E-state index contributed by atoms with van der Waals surface area (Å²) in [6, 6.07) is 5.71. The first-order valence-corrected chi connectivity index (χ1v) is 6.70. The standard InChI is InChI=1S/C16H18O4/c1-2-3-4-12(6-8-16(17)18)9-13-5-7-14-15(10-13)20-11-19-14/h5-10H,2-4,11H2,1H3,(H,17,18)/b8-6+,12-9+. The number of carboxylic acids is 1. The Hall–Kier alpha value is -2.23. The fourth-order valence-corrected chi connectivity index (χ4v) is 1.98. The monoisotopic (exact) mass is 274 g/mol. The fraction of sp³-hybridized carbons (Fsp3) is 0.312. The lowest BCUT2D eigenvalue weighted by molar-refractivity contribution is -0.131. The van der Waals surface area contributed by atoms with Crippen LogP contribution < -0.4 is 9.47 Å². The van der Waals surface area contributed by atoms with Gasteiger partial charge in [-0.3, -0.25) is 0 Å². The van der Waals surface area contributed by atoms with E-state index in [0.29, 0.717) is 0 Å². The molecule has 0 saturated heterocycles. The first kappa shape index (κ1) is 14.2. The van der Waals surface area contributed by atoms with E-state index in [1.165, 1.54) is 6.08 Å². The summed E-state index contributed by atoms with van der Waals surface area (Å²) in [5, 5.41) is 8.73. The van der Waals surface area contributed by atoms with Crippen molar-refractivity contribution in [2.24, 2.45) is 0 Å². The zero-order valence-electron chi connectivity index (χ0n) is 11.5. The molecule has 0 fully saturated rings. The third-order valence-electron chi connectivity index (χ3n) is 3.01. The molecule has 0 bridgehead atoms. The number of hydrogen-bond acceptors (Lipinski definition) is 3. The number of ether oxygens (including phenoxy) is 2. The van der Waals surface area contributed by atoms with E-state index in [2.05, 4.69) is 6.92 Å². The summed E-state index contributed by atoms with van der Waals surface area (Å²) in [5.74, 6) is 0.548. The van der Waals surface area contributed by atoms with Crippen LogP contribution in [0.2, 0.25) is 0 Å². The number of hydrogen-bond donors (Lipinski definition) is 1. The second-order valence-electron chi connectivity index (χ2n) is 4.61. The van der Waals surface area contributed by atoms with Crippen molar-refractivity contribution in [2.45, 2.75) is 26.2 Å². The molecule has 1 aliphatic rings. The highest BCUT2D eigenvalue weighted by Gasteiger charge is 2.12. The Morgan fingerprint density at radius 2 is 2.10 bits per heavy atom. The molecule has 0 aromatic heterocycles. The lowest BCUT2D eigenvalue weighted by atomic mass is 10.0. The smallest absolute Gasteiger partial charge is 0.328 e. The van der Waals surface area contributed by atoms with Gasteiger partial charge in [0.05, 0.1) is 0 Å². The van der Waals surface area contributed by atoms with Crippen LogP contribution in [0.25, 0.3) is 6.08 Å². The Balaban J connectivity index is 2.20. The van der Waals surface area contributed by atoms with E-state index < -0.39 is 5.97 Å². The van der Waals surface area contributed by atoms with Gasteiger partial charge in [-0.15, -0.1) is 0 Å². The third-order valence-corrected chi connectivity index (χ3v) is 3.01. The number of carboxylic acid groups (broad SMARTS) is 1. The van der Waals surface area contributed by atoms with E-state index >= 15 is 0 Å². The maximum Gasteiger partial charge on any atom is 0.328 e. The molecule has 20 heavy (non-hydrogen) atoms. The zero-order chi connectivity index (χ0) is 14.4. The molecule has 1 aromatic carbocycles. The summed E-state index contributed by atoms with van der Waals surface area (Å²) >= 11 is 0. The number of unbranched alkanes of at least 4 members (excludes halogenated alkanes) is 1. The Kier molecular flexibility index (Phi) is 4.82. The fourth-order valence-electron chi connectivity index (χ4n) is 1.98. The summed E-state index contributed by atoms with van der Waals surface area (Å²) in [5.41, 5.74) is 1.98. The van der Waals surface area contributed by atoms with Crippen LogP contribution in [0.4, 0.5) is 0 Å². The van der Waals surface area contributed by atoms with Gasteiger partial charge >= 0.3 is 5.97 Å². The van der Waals surface area contributed by atoms with Gasteiger partial charge in [-0.2, -0.15) is 0 Å². The summed E-state index contributed by atoms with van der Waals surface area (Å²) < 4.78 is 10.6. The predicted molar refractivity (Wildman–Crippen MR) is 76.8 cm³/mol. The Labute approximate surface area is 118 Å². The molecule has 2 rings (SSSR count). The predicted octanol–water partition coefficient (Wildman–Crippen LogP) is 3.63. The molecule has 0 aliphatic carbocycles. The van der Waals surface area contributed by atoms with Crippen molar-refractivity contribution in [1.82, 2.24) is 0 Å². The summed E-state index contributed by atoms with van der Waals surface area (Å²) in [6.45, 7) is 2.36. The van der Waals surface area contributed by atoms with Crippen LogP contribution in [-0.4, -0.2) is 17.9 Å². The van der Waals surface area contributed by atoms with Crippen LogP contribution in [0.3, 0.4) is 0 Å². The van der Waals surface area contributed by atoms with E-state index in [-0.39, 0.29) is 6.79 Å². The molecule has 0 amide bonds. The lowest BCUT2D eigenvalue weighted by Crippen LogP contribution is -1.92. The molecule has 4 heteroatoms. The van der Waals surface area contributed by atoms with Crippen molar-refractivity contribution >= 4 is 12.0 Å². The van der Waals surface area contributed by atoms with Crippen molar-refractivity contribution < 1.29 is 19.4 Å². The largest absolute Gasteiger partial charge is 0.478 e. The maximum atomic E-state index is 10.6. The van der Waals surface area contributed by atoms with E-state index in [9.17, 15) is 4.79 Å². The molecule has 1 aliphatic heterocycles. The first-order valence-electron chi connectivity index (χ1n) is 6.70. The maximum absolute atomic E-state index is 10.6. The first-order chi connectivity index (χ1) is 9.69. The van der Waals surface area contributed by atoms with Crippen LogP contribution in [0.5, 0.6) is 11.5 Å². The molecule has 0 radical (unpaired) electrons. The van der Waals surface area contributed by atoms with E-state index in [1.54, 1.807) is 6.08 Å². The van der Waals surface area contributed by atoms with Gasteiger partial charge in [-0.25, -0.2) is 4.79 Å². The summed E-state index contributed by atoms with van der Waals surface area (Å²) in [7, 11) is 0. The SMILES string of the molecule is CCCCC(/C=C/C(=O)O)=C\c1ccc2c(c1)OCO2. The Morgan fingerprint density at radius 3 is 2.85 bits per heavy atom. The molecular weight excluding hydrogens is 256 g/mol. The Bertz CT molecular complexity index is 543. The van der Waals surface area contributed by atoms with Gasteiger partial charge in [-0.05, 0) is 36.1 Å². The minimum absolute atomic E-state index is 0.254. The number of rotatable bonds is 6. The molecule has 0 spiro atoms. The van der Waals surface area contributed by atoms with E-state index in [0.717, 1.165) is 41.9 Å². The average molecular weight is 274 g/mol. The van der Waals surface area contributed by atoms with Gasteiger partial charge in [0.2, 0.25) is 6.79 Å². The highest BCUT2D eigenvalue weighted by Crippen LogP contribution is 2.33.